The fourth-order valence-corrected chi connectivity index (χ4v) is 1.99. The Morgan fingerprint density at radius 3 is 2.68 bits per heavy atom. The Morgan fingerprint density at radius 2 is 2.05 bits per heavy atom. The molecule has 0 radical (unpaired) electrons. The Balaban J connectivity index is 2.20. The van der Waals surface area contributed by atoms with Gasteiger partial charge in [0.1, 0.15) is 5.82 Å². The lowest BCUT2D eigenvalue weighted by molar-refractivity contribution is 0.288. The fourth-order valence-electron chi connectivity index (χ4n) is 1.21. The number of nitrogens with zero attached hydrogens (tertiary/aromatic N) is 6. The Morgan fingerprint density at radius 1 is 1.26 bits per heavy atom. The topological polar surface area (TPSA) is 105 Å². The van der Waals surface area contributed by atoms with Crippen molar-refractivity contribution < 1.29 is 4.74 Å². The molecule has 0 unspecified atom stereocenters. The summed E-state index contributed by atoms with van der Waals surface area (Å²) < 4.78 is 7.20. The highest BCUT2D eigenvalue weighted by atomic mass is 32.2. The molecule has 0 saturated carbocycles. The van der Waals surface area contributed by atoms with E-state index in [1.165, 1.54) is 11.8 Å². The van der Waals surface area contributed by atoms with Gasteiger partial charge in [-0.05, 0) is 25.1 Å². The van der Waals surface area contributed by atoms with Crippen LogP contribution in [0.25, 0.3) is 0 Å². The van der Waals surface area contributed by atoms with E-state index in [9.17, 15) is 0 Å². The standard InChI is InChI=1S/C10H15N7OS/c1-4-5-18-8-12-7(11)13-9(14-8)19-10-16-15-6(2)17(10)3/h4-5H2,1-3H3,(H2,11,12,13,14). The smallest absolute Gasteiger partial charge is 0.322 e. The van der Waals surface area contributed by atoms with Crippen LogP contribution in [-0.4, -0.2) is 36.3 Å². The van der Waals surface area contributed by atoms with Gasteiger partial charge in [-0.3, -0.25) is 0 Å². The predicted octanol–water partition coefficient (Wildman–Crippen LogP) is 0.831. The predicted molar refractivity (Wildman–Crippen MR) is 69.9 cm³/mol. The Labute approximate surface area is 114 Å². The largest absolute Gasteiger partial charge is 0.463 e. The highest BCUT2D eigenvalue weighted by Gasteiger charge is 2.12. The summed E-state index contributed by atoms with van der Waals surface area (Å²) in [4.78, 5) is 12.1. The fraction of sp³-hybridized carbons (Fsp3) is 0.500. The van der Waals surface area contributed by atoms with Crippen LogP contribution in [0.3, 0.4) is 0 Å². The third-order valence-electron chi connectivity index (χ3n) is 2.28. The Bertz CT molecular complexity index is 571. The van der Waals surface area contributed by atoms with Crippen LogP contribution in [0.5, 0.6) is 6.01 Å². The maximum atomic E-state index is 5.63. The molecule has 0 atom stereocenters. The van der Waals surface area contributed by atoms with Gasteiger partial charge in [-0.15, -0.1) is 10.2 Å². The molecule has 0 aromatic carbocycles. The van der Waals surface area contributed by atoms with E-state index in [1.807, 2.05) is 25.5 Å². The zero-order chi connectivity index (χ0) is 13.8. The van der Waals surface area contributed by atoms with Crippen LogP contribution in [0.4, 0.5) is 5.95 Å². The van der Waals surface area contributed by atoms with Crippen LogP contribution in [0.15, 0.2) is 10.3 Å². The zero-order valence-corrected chi connectivity index (χ0v) is 11.8. The minimum Gasteiger partial charge on any atom is -0.463 e. The van der Waals surface area contributed by atoms with E-state index in [2.05, 4.69) is 25.1 Å². The van der Waals surface area contributed by atoms with Gasteiger partial charge >= 0.3 is 6.01 Å². The van der Waals surface area contributed by atoms with Gasteiger partial charge < -0.3 is 15.0 Å². The van der Waals surface area contributed by atoms with Gasteiger partial charge in [0, 0.05) is 7.05 Å². The van der Waals surface area contributed by atoms with Crippen LogP contribution in [0.1, 0.15) is 19.2 Å². The summed E-state index contributed by atoms with van der Waals surface area (Å²) in [5.74, 6) is 0.939. The maximum absolute atomic E-state index is 5.63. The lowest BCUT2D eigenvalue weighted by Crippen LogP contribution is -2.05. The van der Waals surface area contributed by atoms with E-state index in [1.54, 1.807) is 0 Å². The number of aryl methyl sites for hydroxylation is 1. The molecule has 0 aliphatic heterocycles. The second-order valence-electron chi connectivity index (χ2n) is 3.80. The molecule has 102 valence electrons. The van der Waals surface area contributed by atoms with Crippen LogP contribution < -0.4 is 10.5 Å². The molecule has 0 aliphatic rings. The molecule has 0 aliphatic carbocycles. The van der Waals surface area contributed by atoms with Crippen molar-refractivity contribution in [2.75, 3.05) is 12.3 Å². The number of nitrogens with two attached hydrogens (primary N) is 1. The molecular weight excluding hydrogens is 266 g/mol. The first-order valence-corrected chi connectivity index (χ1v) is 6.60. The molecule has 2 aromatic rings. The van der Waals surface area contributed by atoms with Crippen LogP contribution in [0, 0.1) is 6.92 Å². The number of ether oxygens (including phenoxy) is 1. The van der Waals surface area contributed by atoms with E-state index in [-0.39, 0.29) is 12.0 Å². The van der Waals surface area contributed by atoms with Crippen molar-refractivity contribution >= 4 is 17.7 Å². The van der Waals surface area contributed by atoms with Crippen molar-refractivity contribution in [3.8, 4) is 6.01 Å². The minimum absolute atomic E-state index is 0.127. The number of nitrogen functional groups attached to an aromatic ring is 1. The Hall–Kier alpha value is -1.90. The summed E-state index contributed by atoms with van der Waals surface area (Å²) in [6.07, 6.45) is 0.872. The van der Waals surface area contributed by atoms with Gasteiger partial charge in [0.15, 0.2) is 5.16 Å². The molecular formula is C10H15N7OS. The van der Waals surface area contributed by atoms with Crippen LogP contribution >= 0.6 is 11.8 Å². The third-order valence-corrected chi connectivity index (χ3v) is 3.19. The summed E-state index contributed by atoms with van der Waals surface area (Å²) in [7, 11) is 1.87. The molecule has 0 fully saturated rings. The number of rotatable bonds is 5. The number of aromatic nitrogens is 6. The molecule has 0 bridgehead atoms. The second kappa shape index (κ2) is 5.83. The normalized spacial score (nSPS) is 10.7. The first kappa shape index (κ1) is 13.5. The number of hydrogen-bond donors (Lipinski definition) is 1. The highest BCUT2D eigenvalue weighted by Crippen LogP contribution is 2.24. The summed E-state index contributed by atoms with van der Waals surface area (Å²) in [6, 6.07) is 0.232. The van der Waals surface area contributed by atoms with E-state index in [4.69, 9.17) is 10.5 Å². The van der Waals surface area contributed by atoms with E-state index in [0.29, 0.717) is 16.9 Å². The third kappa shape index (κ3) is 3.31. The minimum atomic E-state index is 0.127. The Kier molecular flexibility index (Phi) is 4.15. The zero-order valence-electron chi connectivity index (χ0n) is 11.0. The molecule has 19 heavy (non-hydrogen) atoms. The van der Waals surface area contributed by atoms with Gasteiger partial charge in [-0.25, -0.2) is 0 Å². The van der Waals surface area contributed by atoms with Crippen LogP contribution in [0.2, 0.25) is 0 Å². The molecule has 9 heteroatoms. The van der Waals surface area contributed by atoms with Crippen molar-refractivity contribution in [1.82, 2.24) is 29.7 Å². The van der Waals surface area contributed by atoms with E-state index < -0.39 is 0 Å². The average Bonchev–Trinajstić information content (AvgIpc) is 2.68. The summed E-state index contributed by atoms with van der Waals surface area (Å²) in [5.41, 5.74) is 5.63. The van der Waals surface area contributed by atoms with Gasteiger partial charge in [-0.1, -0.05) is 6.92 Å². The monoisotopic (exact) mass is 281 g/mol. The van der Waals surface area contributed by atoms with Crippen molar-refractivity contribution in [3.05, 3.63) is 5.82 Å². The molecule has 8 nitrogen and oxygen atoms in total. The molecule has 2 N–H and O–H groups in total. The van der Waals surface area contributed by atoms with Crippen molar-refractivity contribution in [2.24, 2.45) is 7.05 Å². The summed E-state index contributed by atoms with van der Waals surface area (Å²) in [5, 5.41) is 9.11. The van der Waals surface area contributed by atoms with Crippen molar-refractivity contribution in [1.29, 1.82) is 0 Å². The second-order valence-corrected chi connectivity index (χ2v) is 4.73. The molecule has 2 aromatic heterocycles. The SMILES string of the molecule is CCCOc1nc(N)nc(Sc2nnc(C)n2C)n1. The maximum Gasteiger partial charge on any atom is 0.322 e. The average molecular weight is 281 g/mol. The van der Waals surface area contributed by atoms with Gasteiger partial charge in [0.05, 0.1) is 6.61 Å². The van der Waals surface area contributed by atoms with E-state index in [0.717, 1.165) is 12.2 Å². The molecule has 0 saturated heterocycles. The van der Waals surface area contributed by atoms with Gasteiger partial charge in [0.25, 0.3) is 0 Å². The highest BCUT2D eigenvalue weighted by molar-refractivity contribution is 7.99. The quantitative estimate of drug-likeness (QED) is 0.859. The van der Waals surface area contributed by atoms with Gasteiger partial charge in [0.2, 0.25) is 11.1 Å². The van der Waals surface area contributed by atoms with Crippen molar-refractivity contribution in [3.63, 3.8) is 0 Å². The molecule has 0 amide bonds. The number of hydrogen-bond acceptors (Lipinski definition) is 8. The van der Waals surface area contributed by atoms with E-state index >= 15 is 0 Å². The first-order chi connectivity index (χ1) is 9.10. The van der Waals surface area contributed by atoms with Gasteiger partial charge in [-0.2, -0.15) is 15.0 Å². The lowest BCUT2D eigenvalue weighted by atomic mass is 10.5. The molecule has 2 heterocycles. The molecule has 2 rings (SSSR count). The van der Waals surface area contributed by atoms with Crippen molar-refractivity contribution in [2.45, 2.75) is 30.6 Å². The first-order valence-electron chi connectivity index (χ1n) is 5.78. The van der Waals surface area contributed by atoms with Crippen LogP contribution in [-0.2, 0) is 7.05 Å². The summed E-state index contributed by atoms with van der Waals surface area (Å²) >= 11 is 1.26. The molecule has 0 spiro atoms. The lowest BCUT2D eigenvalue weighted by Gasteiger charge is -2.05. The number of anilines is 1. The summed E-state index contributed by atoms with van der Waals surface area (Å²) in [6.45, 7) is 4.41.